The van der Waals surface area contributed by atoms with Crippen molar-refractivity contribution in [3.05, 3.63) is 11.8 Å². The van der Waals surface area contributed by atoms with Crippen molar-refractivity contribution in [2.45, 2.75) is 13.0 Å². The number of methoxy groups -OCH3 is 1. The molecule has 0 spiro atoms. The molecule has 1 saturated heterocycles. The van der Waals surface area contributed by atoms with Crippen LogP contribution in [0.2, 0.25) is 0 Å². The van der Waals surface area contributed by atoms with Crippen LogP contribution in [0.3, 0.4) is 0 Å². The topological polar surface area (TPSA) is 29.5 Å². The molecule has 62 valence electrons. The number of ether oxygens (including phenoxy) is 1. The lowest BCUT2D eigenvalue weighted by molar-refractivity contribution is -0.142. The van der Waals surface area contributed by atoms with Crippen LogP contribution in [0.1, 0.15) is 6.92 Å². The van der Waals surface area contributed by atoms with Crippen molar-refractivity contribution in [1.29, 1.82) is 0 Å². The second kappa shape index (κ2) is 3.28. The number of hydrogen-bond donors (Lipinski definition) is 0. The summed E-state index contributed by atoms with van der Waals surface area (Å²) < 4.78 is 6.59. The highest BCUT2D eigenvalue weighted by molar-refractivity contribution is 7.97. The molecule has 0 unspecified atom stereocenters. The molecule has 0 aromatic rings. The molecule has 0 aromatic carbocycles. The van der Waals surface area contributed by atoms with Gasteiger partial charge in [0.2, 0.25) is 0 Å². The third-order valence-corrected chi connectivity index (χ3v) is 2.40. The van der Waals surface area contributed by atoms with Crippen molar-refractivity contribution < 1.29 is 9.53 Å². The van der Waals surface area contributed by atoms with Gasteiger partial charge in [-0.3, -0.25) is 9.10 Å². The van der Waals surface area contributed by atoms with Gasteiger partial charge < -0.3 is 4.74 Å². The van der Waals surface area contributed by atoms with E-state index in [4.69, 9.17) is 4.74 Å². The molecule has 3 nitrogen and oxygen atoms in total. The Morgan fingerprint density at radius 1 is 1.73 bits per heavy atom. The zero-order valence-electron chi connectivity index (χ0n) is 6.83. The number of allylic oxidation sites excluding steroid dienone is 1. The molecule has 0 aliphatic carbocycles. The number of carbonyl (C=O) groups is 1. The predicted molar refractivity (Wildman–Crippen MR) is 44.9 cm³/mol. The molecule has 4 heteroatoms. The summed E-state index contributed by atoms with van der Waals surface area (Å²) in [7, 11) is 1.55. The molecule has 0 radical (unpaired) electrons. The Labute approximate surface area is 70.5 Å². The van der Waals surface area contributed by atoms with Crippen molar-refractivity contribution in [2.75, 3.05) is 13.4 Å². The van der Waals surface area contributed by atoms with Gasteiger partial charge in [-0.15, -0.1) is 0 Å². The summed E-state index contributed by atoms with van der Waals surface area (Å²) in [4.78, 5) is 11.1. The van der Waals surface area contributed by atoms with E-state index in [1.807, 2.05) is 19.3 Å². The highest BCUT2D eigenvalue weighted by Crippen LogP contribution is 2.31. The molecule has 1 atom stereocenters. The Morgan fingerprint density at radius 2 is 2.36 bits per heavy atom. The third kappa shape index (κ3) is 1.16. The van der Waals surface area contributed by atoms with Crippen molar-refractivity contribution in [3.8, 4) is 0 Å². The van der Waals surface area contributed by atoms with Gasteiger partial charge in [-0.2, -0.15) is 0 Å². The molecule has 1 heterocycles. The molecular formula is C7H11NO2S. The first-order chi connectivity index (χ1) is 5.26. The molecule has 0 bridgehead atoms. The minimum absolute atomic E-state index is 0.0353. The zero-order valence-corrected chi connectivity index (χ0v) is 7.64. The van der Waals surface area contributed by atoms with Gasteiger partial charge in [0.15, 0.2) is 6.10 Å². The summed E-state index contributed by atoms with van der Waals surface area (Å²) in [5.41, 5.74) is 0.949. The van der Waals surface area contributed by atoms with Gasteiger partial charge in [0.25, 0.3) is 5.91 Å². The minimum Gasteiger partial charge on any atom is -0.365 e. The highest BCUT2D eigenvalue weighted by Gasteiger charge is 2.42. The number of hydrogen-bond acceptors (Lipinski definition) is 3. The minimum atomic E-state index is -0.326. The summed E-state index contributed by atoms with van der Waals surface area (Å²) in [6.07, 6.45) is 3.44. The second-order valence-electron chi connectivity index (χ2n) is 2.14. The van der Waals surface area contributed by atoms with Crippen molar-refractivity contribution in [2.24, 2.45) is 0 Å². The van der Waals surface area contributed by atoms with Crippen molar-refractivity contribution in [1.82, 2.24) is 4.31 Å². The maximum absolute atomic E-state index is 11.1. The lowest BCUT2D eigenvalue weighted by atomic mass is 10.1. The molecule has 1 amide bonds. The van der Waals surface area contributed by atoms with E-state index >= 15 is 0 Å². The Bertz CT molecular complexity index is 187. The number of β-lactam (4-membered cyclic amide) rings is 1. The van der Waals surface area contributed by atoms with Crippen LogP contribution in [-0.2, 0) is 9.53 Å². The van der Waals surface area contributed by atoms with Gasteiger partial charge in [-0.05, 0) is 18.9 Å². The first-order valence-electron chi connectivity index (χ1n) is 3.33. The summed E-state index contributed by atoms with van der Waals surface area (Å²) in [5, 5.41) is 0. The van der Waals surface area contributed by atoms with Gasteiger partial charge in [-0.1, -0.05) is 6.08 Å². The fourth-order valence-corrected chi connectivity index (χ4v) is 1.77. The second-order valence-corrected chi connectivity index (χ2v) is 2.87. The van der Waals surface area contributed by atoms with Crippen LogP contribution >= 0.6 is 11.9 Å². The van der Waals surface area contributed by atoms with E-state index in [0.29, 0.717) is 0 Å². The summed E-state index contributed by atoms with van der Waals surface area (Å²) >= 11 is 1.41. The van der Waals surface area contributed by atoms with Gasteiger partial charge in [0, 0.05) is 13.4 Å². The smallest absolute Gasteiger partial charge is 0.272 e. The molecule has 1 aliphatic rings. The Morgan fingerprint density at radius 3 is 2.73 bits per heavy atom. The molecule has 11 heavy (non-hydrogen) atoms. The van der Waals surface area contributed by atoms with Crippen LogP contribution in [0.15, 0.2) is 11.8 Å². The van der Waals surface area contributed by atoms with Gasteiger partial charge in [-0.25, -0.2) is 0 Å². The van der Waals surface area contributed by atoms with Gasteiger partial charge in [0.1, 0.15) is 0 Å². The Hall–Kier alpha value is -0.480. The fourth-order valence-electron chi connectivity index (χ4n) is 1.09. The van der Waals surface area contributed by atoms with Gasteiger partial charge in [0.05, 0.1) is 5.70 Å². The average molecular weight is 173 g/mol. The number of amides is 1. The van der Waals surface area contributed by atoms with E-state index in [9.17, 15) is 4.79 Å². The van der Waals surface area contributed by atoms with Crippen LogP contribution in [0, 0.1) is 0 Å². The number of rotatable bonds is 2. The van der Waals surface area contributed by atoms with Crippen molar-refractivity contribution >= 4 is 17.9 Å². The van der Waals surface area contributed by atoms with Crippen molar-refractivity contribution in [3.63, 3.8) is 0 Å². The van der Waals surface area contributed by atoms with E-state index in [1.54, 1.807) is 11.4 Å². The quantitative estimate of drug-likeness (QED) is 0.461. The third-order valence-electron chi connectivity index (χ3n) is 1.64. The highest BCUT2D eigenvalue weighted by atomic mass is 32.2. The van der Waals surface area contributed by atoms with E-state index < -0.39 is 0 Å². The molecular weight excluding hydrogens is 162 g/mol. The van der Waals surface area contributed by atoms with E-state index in [0.717, 1.165) is 5.70 Å². The largest absolute Gasteiger partial charge is 0.365 e. The van der Waals surface area contributed by atoms with Crippen LogP contribution in [-0.4, -0.2) is 29.7 Å². The number of nitrogens with zero attached hydrogens (tertiary/aromatic N) is 1. The standard InChI is InChI=1S/C7H11NO2S/c1-4-5-6(10-2)7(9)8(5)11-3/h4,6H,1-3H3/b5-4+/t6-/m1/s1. The van der Waals surface area contributed by atoms with Gasteiger partial charge >= 0.3 is 0 Å². The molecule has 1 fully saturated rings. The van der Waals surface area contributed by atoms with Crippen LogP contribution in [0.4, 0.5) is 0 Å². The first-order valence-corrected chi connectivity index (χ1v) is 4.51. The Kier molecular flexibility index (Phi) is 2.57. The van der Waals surface area contributed by atoms with E-state index in [1.165, 1.54) is 11.9 Å². The summed E-state index contributed by atoms with van der Waals surface area (Å²) in [6.45, 7) is 1.90. The fraction of sp³-hybridized carbons (Fsp3) is 0.571. The maximum atomic E-state index is 11.1. The monoisotopic (exact) mass is 173 g/mol. The normalized spacial score (nSPS) is 27.5. The lowest BCUT2D eigenvalue weighted by Crippen LogP contribution is -2.50. The van der Waals surface area contributed by atoms with Crippen LogP contribution < -0.4 is 0 Å². The van der Waals surface area contributed by atoms with E-state index in [-0.39, 0.29) is 12.0 Å². The summed E-state index contributed by atoms with van der Waals surface area (Å²) in [5.74, 6) is 0.0353. The molecule has 0 N–H and O–H groups in total. The molecule has 0 saturated carbocycles. The lowest BCUT2D eigenvalue weighted by Gasteiger charge is -2.37. The van der Waals surface area contributed by atoms with E-state index in [2.05, 4.69) is 0 Å². The average Bonchev–Trinajstić information content (AvgIpc) is 2.01. The number of carbonyl (C=O) groups excluding carboxylic acids is 1. The van der Waals surface area contributed by atoms with Crippen LogP contribution in [0.25, 0.3) is 0 Å². The Balaban J connectivity index is 2.70. The SMILES string of the molecule is C/C=C1\[C@@H](OC)C(=O)N1SC. The summed E-state index contributed by atoms with van der Waals surface area (Å²) in [6, 6.07) is 0. The van der Waals surface area contributed by atoms with Crippen LogP contribution in [0.5, 0.6) is 0 Å². The maximum Gasteiger partial charge on any atom is 0.272 e. The zero-order chi connectivity index (χ0) is 8.43. The molecule has 0 aromatic heterocycles. The first kappa shape index (κ1) is 8.62. The molecule has 1 rings (SSSR count). The molecule has 1 aliphatic heterocycles. The predicted octanol–water partition coefficient (Wildman–Crippen LogP) is 1.03.